The summed E-state index contributed by atoms with van der Waals surface area (Å²) >= 11 is 0. The van der Waals surface area contributed by atoms with Crippen LogP contribution >= 0.6 is 0 Å². The molecule has 1 saturated carbocycles. The largest absolute Gasteiger partial charge is 0.468 e. The number of amides is 1. The van der Waals surface area contributed by atoms with Crippen molar-refractivity contribution in [1.29, 1.82) is 0 Å². The Hall–Kier alpha value is -1.49. The number of ether oxygens (including phenoxy) is 1. The number of methoxy groups -OCH3 is 1. The van der Waals surface area contributed by atoms with E-state index in [1.54, 1.807) is 19.2 Å². The molecule has 0 radical (unpaired) electrons. The smallest absolute Gasteiger partial charge is 0.289 e. The number of hydrogen-bond donors (Lipinski definition) is 0. The minimum absolute atomic E-state index is 0.0196. The summed E-state index contributed by atoms with van der Waals surface area (Å²) in [5.41, 5.74) is 0. The van der Waals surface area contributed by atoms with Crippen LogP contribution in [0.25, 0.3) is 0 Å². The number of rotatable bonds is 3. The molecule has 0 atom stereocenters. The topological polar surface area (TPSA) is 45.9 Å². The Morgan fingerprint density at radius 3 is 2.64 bits per heavy atom. The van der Waals surface area contributed by atoms with E-state index in [0.717, 1.165) is 38.6 Å². The van der Waals surface area contributed by atoms with E-state index < -0.39 is 0 Å². The summed E-state index contributed by atoms with van der Waals surface area (Å²) in [5.74, 6) is 0.749. The summed E-state index contributed by atoms with van der Waals surface area (Å²) in [7, 11) is 1.54. The van der Waals surface area contributed by atoms with E-state index >= 15 is 0 Å². The zero-order valence-corrected chi connectivity index (χ0v) is 13.4. The summed E-state index contributed by atoms with van der Waals surface area (Å²) in [4.78, 5) is 17.0. The van der Waals surface area contributed by atoms with Crippen molar-refractivity contribution in [3.8, 4) is 5.95 Å². The molecule has 0 bridgehead atoms. The monoisotopic (exact) mass is 306 g/mol. The lowest BCUT2D eigenvalue weighted by Crippen LogP contribution is -2.40. The minimum Gasteiger partial charge on any atom is -0.468 e. The zero-order chi connectivity index (χ0) is 15.4. The second-order valence-electron chi connectivity index (χ2n) is 6.30. The van der Waals surface area contributed by atoms with Gasteiger partial charge in [0.1, 0.15) is 0 Å². The van der Waals surface area contributed by atoms with Gasteiger partial charge >= 0.3 is 0 Å². The average Bonchev–Trinajstić information content (AvgIpc) is 2.92. The molecule has 1 aromatic rings. The second-order valence-corrected chi connectivity index (χ2v) is 6.30. The van der Waals surface area contributed by atoms with Gasteiger partial charge in [-0.1, -0.05) is 19.3 Å². The third-order valence-corrected chi connectivity index (χ3v) is 4.90. The first-order valence-corrected chi connectivity index (χ1v) is 8.45. The highest BCUT2D eigenvalue weighted by molar-refractivity contribution is 5.91. The second kappa shape index (κ2) is 7.18. The summed E-state index contributed by atoms with van der Waals surface area (Å²) in [6, 6.07) is 4.12. The van der Waals surface area contributed by atoms with Crippen molar-refractivity contribution in [2.75, 3.05) is 33.3 Å². The Morgan fingerprint density at radius 2 is 1.91 bits per heavy atom. The molecule has 1 aliphatic carbocycles. The van der Waals surface area contributed by atoms with E-state index in [4.69, 9.17) is 9.15 Å². The van der Waals surface area contributed by atoms with Crippen molar-refractivity contribution >= 4 is 5.91 Å². The first kappa shape index (κ1) is 15.4. The van der Waals surface area contributed by atoms with Gasteiger partial charge in [0, 0.05) is 38.3 Å². The first-order chi connectivity index (χ1) is 10.8. The van der Waals surface area contributed by atoms with Crippen molar-refractivity contribution in [2.45, 2.75) is 44.6 Å². The number of nitrogens with zero attached hydrogens (tertiary/aromatic N) is 2. The quantitative estimate of drug-likeness (QED) is 0.861. The average molecular weight is 306 g/mol. The Bertz CT molecular complexity index is 494. The van der Waals surface area contributed by atoms with Crippen LogP contribution in [0, 0.1) is 0 Å². The highest BCUT2D eigenvalue weighted by atomic mass is 16.6. The molecule has 1 amide bonds. The highest BCUT2D eigenvalue weighted by Crippen LogP contribution is 2.24. The molecule has 2 aliphatic rings. The molecule has 122 valence electrons. The van der Waals surface area contributed by atoms with Crippen molar-refractivity contribution in [1.82, 2.24) is 9.80 Å². The molecule has 0 unspecified atom stereocenters. The van der Waals surface area contributed by atoms with E-state index in [1.807, 2.05) is 4.90 Å². The first-order valence-electron chi connectivity index (χ1n) is 8.45. The molecule has 1 aliphatic heterocycles. The van der Waals surface area contributed by atoms with Crippen molar-refractivity contribution in [3.05, 3.63) is 17.9 Å². The molecule has 0 spiro atoms. The number of hydrogen-bond acceptors (Lipinski definition) is 4. The lowest BCUT2D eigenvalue weighted by molar-refractivity contribution is 0.0717. The summed E-state index contributed by atoms with van der Waals surface area (Å²) in [5, 5.41) is 0. The fourth-order valence-electron chi connectivity index (χ4n) is 3.65. The Labute approximate surface area is 132 Å². The summed E-state index contributed by atoms with van der Waals surface area (Å²) in [6.45, 7) is 3.69. The lowest BCUT2D eigenvalue weighted by atomic mass is 9.94. The molecule has 2 heterocycles. The van der Waals surface area contributed by atoms with Gasteiger partial charge in [-0.2, -0.15) is 0 Å². The maximum Gasteiger partial charge on any atom is 0.289 e. The lowest BCUT2D eigenvalue weighted by Gasteiger charge is -2.33. The fraction of sp³-hybridized carbons (Fsp3) is 0.706. The molecule has 0 N–H and O–H groups in total. The van der Waals surface area contributed by atoms with Gasteiger partial charge in [-0.15, -0.1) is 0 Å². The predicted octanol–water partition coefficient (Wildman–Crippen LogP) is 2.77. The standard InChI is InChI=1S/C17H26N2O3/c1-21-16-9-8-15(22-16)17(20)19-11-5-10-18(12-13-19)14-6-3-2-4-7-14/h8-9,14H,2-7,10-13H2,1H3. The molecule has 1 saturated heterocycles. The van der Waals surface area contributed by atoms with Crippen LogP contribution in [0.1, 0.15) is 49.1 Å². The van der Waals surface area contributed by atoms with Gasteiger partial charge in [-0.25, -0.2) is 0 Å². The van der Waals surface area contributed by atoms with Gasteiger partial charge in [-0.05, 0) is 25.3 Å². The molecule has 2 fully saturated rings. The van der Waals surface area contributed by atoms with E-state index in [0.29, 0.717) is 11.7 Å². The third kappa shape index (κ3) is 3.46. The van der Waals surface area contributed by atoms with E-state index in [1.165, 1.54) is 32.1 Å². The van der Waals surface area contributed by atoms with Crippen LogP contribution in [-0.2, 0) is 0 Å². The molecule has 3 rings (SSSR count). The highest BCUT2D eigenvalue weighted by Gasteiger charge is 2.26. The van der Waals surface area contributed by atoms with Crippen LogP contribution in [0.4, 0.5) is 0 Å². The van der Waals surface area contributed by atoms with Crippen LogP contribution in [0.5, 0.6) is 5.95 Å². The number of furan rings is 1. The maximum absolute atomic E-state index is 12.5. The van der Waals surface area contributed by atoms with Crippen LogP contribution < -0.4 is 4.74 Å². The van der Waals surface area contributed by atoms with Gasteiger partial charge in [0.05, 0.1) is 7.11 Å². The maximum atomic E-state index is 12.5. The zero-order valence-electron chi connectivity index (χ0n) is 13.4. The van der Waals surface area contributed by atoms with Gasteiger partial charge in [-0.3, -0.25) is 9.69 Å². The number of carbonyl (C=O) groups is 1. The van der Waals surface area contributed by atoms with E-state index in [2.05, 4.69) is 4.90 Å². The summed E-state index contributed by atoms with van der Waals surface area (Å²) in [6.07, 6.45) is 7.79. The SMILES string of the molecule is COc1ccc(C(=O)N2CCCN(C3CCCCC3)CC2)o1. The fourth-order valence-corrected chi connectivity index (χ4v) is 3.65. The third-order valence-electron chi connectivity index (χ3n) is 4.90. The molecule has 5 nitrogen and oxygen atoms in total. The molecule has 0 aromatic carbocycles. The van der Waals surface area contributed by atoms with Crippen molar-refractivity contribution in [2.24, 2.45) is 0 Å². The Kier molecular flexibility index (Phi) is 5.03. The van der Waals surface area contributed by atoms with Crippen LogP contribution in [0.15, 0.2) is 16.5 Å². The molecule has 1 aromatic heterocycles. The van der Waals surface area contributed by atoms with Crippen LogP contribution in [0.2, 0.25) is 0 Å². The molecule has 22 heavy (non-hydrogen) atoms. The molecular weight excluding hydrogens is 280 g/mol. The number of carbonyl (C=O) groups excluding carboxylic acids is 1. The predicted molar refractivity (Wildman–Crippen MR) is 84.2 cm³/mol. The summed E-state index contributed by atoms with van der Waals surface area (Å²) < 4.78 is 10.4. The van der Waals surface area contributed by atoms with Gasteiger partial charge < -0.3 is 14.1 Å². The normalized spacial score (nSPS) is 21.6. The molecular formula is C17H26N2O3. The van der Waals surface area contributed by atoms with E-state index in [9.17, 15) is 4.79 Å². The molecule has 5 heteroatoms. The van der Waals surface area contributed by atoms with Gasteiger partial charge in [0.15, 0.2) is 5.76 Å². The Balaban J connectivity index is 1.58. The van der Waals surface area contributed by atoms with Crippen LogP contribution in [0.3, 0.4) is 0 Å². The van der Waals surface area contributed by atoms with Crippen molar-refractivity contribution < 1.29 is 13.9 Å². The Morgan fingerprint density at radius 1 is 1.09 bits per heavy atom. The van der Waals surface area contributed by atoms with Crippen molar-refractivity contribution in [3.63, 3.8) is 0 Å². The van der Waals surface area contributed by atoms with Crippen LogP contribution in [-0.4, -0.2) is 55.0 Å². The van der Waals surface area contributed by atoms with Gasteiger partial charge in [0.2, 0.25) is 0 Å². The minimum atomic E-state index is -0.0196. The van der Waals surface area contributed by atoms with Gasteiger partial charge in [0.25, 0.3) is 11.9 Å². The van der Waals surface area contributed by atoms with E-state index in [-0.39, 0.29) is 5.91 Å².